The number of esters is 1. The second-order valence-corrected chi connectivity index (χ2v) is 5.88. The Labute approximate surface area is 148 Å². The number of benzene rings is 1. The first-order valence-corrected chi connectivity index (χ1v) is 8.48. The molecule has 138 valence electrons. The molecule has 1 fully saturated rings. The number of hydrogen-bond acceptors (Lipinski definition) is 6. The van der Waals surface area contributed by atoms with E-state index in [4.69, 9.17) is 14.2 Å². The van der Waals surface area contributed by atoms with Gasteiger partial charge in [-0.1, -0.05) is 0 Å². The molecule has 1 N–H and O–H groups in total. The molecule has 0 saturated carbocycles. The number of nitrogens with one attached hydrogen (secondary N) is 1. The van der Waals surface area contributed by atoms with Crippen molar-refractivity contribution in [2.24, 2.45) is 5.92 Å². The molecule has 1 amide bonds. The highest BCUT2D eigenvalue weighted by Gasteiger charge is 2.26. The first-order chi connectivity index (χ1) is 12.1. The molecule has 0 unspecified atom stereocenters. The third-order valence-electron chi connectivity index (χ3n) is 4.32. The number of ether oxygens (including phenoxy) is 3. The normalized spacial score (nSPS) is 15.5. The fourth-order valence-corrected chi connectivity index (χ4v) is 2.85. The fraction of sp³-hybridized carbons (Fsp3) is 0.556. The summed E-state index contributed by atoms with van der Waals surface area (Å²) in [6.07, 6.45) is 1.51. The van der Waals surface area contributed by atoms with Crippen LogP contribution in [-0.4, -0.2) is 57.4 Å². The summed E-state index contributed by atoms with van der Waals surface area (Å²) < 4.78 is 15.5. The van der Waals surface area contributed by atoms with Crippen LogP contribution in [0.1, 0.15) is 30.1 Å². The number of carbonyl (C=O) groups excluding carboxylic acids is 2. The number of hydrogen-bond donors (Lipinski definition) is 1. The predicted molar refractivity (Wildman–Crippen MR) is 92.8 cm³/mol. The molecule has 1 heterocycles. The molecule has 1 aliphatic rings. The third kappa shape index (κ3) is 5.09. The maximum absolute atomic E-state index is 12.3. The summed E-state index contributed by atoms with van der Waals surface area (Å²) >= 11 is 0. The third-order valence-corrected chi connectivity index (χ3v) is 4.32. The van der Waals surface area contributed by atoms with Crippen molar-refractivity contribution in [2.75, 3.05) is 40.6 Å². The number of nitrogens with zero attached hydrogens (tertiary/aromatic N) is 1. The molecular formula is C18H26N2O5. The van der Waals surface area contributed by atoms with Gasteiger partial charge in [-0.25, -0.2) is 0 Å². The van der Waals surface area contributed by atoms with Crippen LogP contribution in [0.2, 0.25) is 0 Å². The lowest BCUT2D eigenvalue weighted by molar-refractivity contribution is -0.149. The topological polar surface area (TPSA) is 77.1 Å². The van der Waals surface area contributed by atoms with Crippen LogP contribution < -0.4 is 14.8 Å². The van der Waals surface area contributed by atoms with Crippen molar-refractivity contribution in [2.45, 2.75) is 19.8 Å². The molecule has 0 radical (unpaired) electrons. The van der Waals surface area contributed by atoms with Crippen LogP contribution >= 0.6 is 0 Å². The molecule has 0 atom stereocenters. The van der Waals surface area contributed by atoms with Crippen LogP contribution in [0.4, 0.5) is 0 Å². The first-order valence-electron chi connectivity index (χ1n) is 8.48. The lowest BCUT2D eigenvalue weighted by Crippen LogP contribution is -2.43. The van der Waals surface area contributed by atoms with Gasteiger partial charge >= 0.3 is 5.97 Å². The Hall–Kier alpha value is -2.28. The molecule has 1 aromatic rings. The SMILES string of the molecule is CCOC(=O)C1CCN(CNC(=O)c2ccc(OC)c(OC)c2)CC1. The number of methoxy groups -OCH3 is 2. The number of carbonyl (C=O) groups is 2. The molecular weight excluding hydrogens is 324 g/mol. The smallest absolute Gasteiger partial charge is 0.309 e. The molecule has 7 nitrogen and oxygen atoms in total. The Balaban J connectivity index is 1.82. The van der Waals surface area contributed by atoms with Crippen molar-refractivity contribution in [1.82, 2.24) is 10.2 Å². The summed E-state index contributed by atoms with van der Waals surface area (Å²) in [4.78, 5) is 26.2. The predicted octanol–water partition coefficient (Wildman–Crippen LogP) is 1.67. The number of likely N-dealkylation sites (tertiary alicyclic amines) is 1. The largest absolute Gasteiger partial charge is 0.493 e. The van der Waals surface area contributed by atoms with Crippen LogP contribution in [0.15, 0.2) is 18.2 Å². The Morgan fingerprint density at radius 3 is 2.44 bits per heavy atom. The zero-order valence-electron chi connectivity index (χ0n) is 15.0. The molecule has 0 spiro atoms. The van der Waals surface area contributed by atoms with E-state index < -0.39 is 0 Å². The van der Waals surface area contributed by atoms with Gasteiger partial charge in [0, 0.05) is 18.7 Å². The average molecular weight is 350 g/mol. The molecule has 1 aromatic carbocycles. The van der Waals surface area contributed by atoms with Gasteiger partial charge in [-0.3, -0.25) is 14.5 Å². The minimum absolute atomic E-state index is 0.0299. The summed E-state index contributed by atoms with van der Waals surface area (Å²) in [5, 5.41) is 2.90. The van der Waals surface area contributed by atoms with E-state index in [2.05, 4.69) is 10.2 Å². The Morgan fingerprint density at radius 1 is 1.16 bits per heavy atom. The zero-order chi connectivity index (χ0) is 18.2. The number of piperidine rings is 1. The standard InChI is InChI=1S/C18H26N2O5/c1-4-25-18(22)13-7-9-20(10-8-13)12-19-17(21)14-5-6-15(23-2)16(11-14)24-3/h5-6,11,13H,4,7-10,12H2,1-3H3,(H,19,21). The van der Waals surface area contributed by atoms with Crippen molar-refractivity contribution in [3.05, 3.63) is 23.8 Å². The molecule has 0 aliphatic carbocycles. The Morgan fingerprint density at radius 2 is 1.84 bits per heavy atom. The molecule has 2 rings (SSSR count). The second-order valence-electron chi connectivity index (χ2n) is 5.88. The lowest BCUT2D eigenvalue weighted by Gasteiger charge is -2.30. The van der Waals surface area contributed by atoms with Crippen molar-refractivity contribution in [1.29, 1.82) is 0 Å². The zero-order valence-corrected chi connectivity index (χ0v) is 15.0. The first kappa shape index (κ1) is 19.1. The second kappa shape index (κ2) is 9.27. The average Bonchev–Trinajstić information content (AvgIpc) is 2.66. The summed E-state index contributed by atoms with van der Waals surface area (Å²) in [6, 6.07) is 5.06. The van der Waals surface area contributed by atoms with Gasteiger partial charge in [0.15, 0.2) is 11.5 Å². The highest BCUT2D eigenvalue weighted by atomic mass is 16.5. The van der Waals surface area contributed by atoms with Gasteiger partial charge in [-0.15, -0.1) is 0 Å². The molecule has 1 saturated heterocycles. The molecule has 7 heteroatoms. The van der Waals surface area contributed by atoms with Crippen molar-refractivity contribution in [3.63, 3.8) is 0 Å². The van der Waals surface area contributed by atoms with Crippen molar-refractivity contribution in [3.8, 4) is 11.5 Å². The van der Waals surface area contributed by atoms with Crippen LogP contribution in [0.5, 0.6) is 11.5 Å². The Bertz CT molecular complexity index is 597. The van der Waals surface area contributed by atoms with E-state index >= 15 is 0 Å². The highest BCUT2D eigenvalue weighted by molar-refractivity contribution is 5.94. The number of rotatable bonds is 7. The molecule has 0 aromatic heterocycles. The van der Waals surface area contributed by atoms with Gasteiger partial charge in [-0.2, -0.15) is 0 Å². The van der Waals surface area contributed by atoms with E-state index in [1.165, 1.54) is 7.11 Å². The van der Waals surface area contributed by atoms with Gasteiger partial charge in [0.25, 0.3) is 5.91 Å². The van der Waals surface area contributed by atoms with Crippen LogP contribution in [0, 0.1) is 5.92 Å². The molecule has 1 aliphatic heterocycles. The van der Waals surface area contributed by atoms with Gasteiger partial charge < -0.3 is 19.5 Å². The van der Waals surface area contributed by atoms with E-state index in [-0.39, 0.29) is 17.8 Å². The van der Waals surface area contributed by atoms with E-state index in [1.807, 2.05) is 6.92 Å². The van der Waals surface area contributed by atoms with Gasteiger partial charge in [0.1, 0.15) is 0 Å². The summed E-state index contributed by atoms with van der Waals surface area (Å²) in [7, 11) is 3.09. The van der Waals surface area contributed by atoms with Gasteiger partial charge in [0.05, 0.1) is 33.4 Å². The summed E-state index contributed by atoms with van der Waals surface area (Å²) in [5.41, 5.74) is 0.513. The monoisotopic (exact) mass is 350 g/mol. The van der Waals surface area contributed by atoms with Gasteiger partial charge in [0.2, 0.25) is 0 Å². The van der Waals surface area contributed by atoms with Crippen molar-refractivity contribution < 1.29 is 23.8 Å². The van der Waals surface area contributed by atoms with Crippen LogP contribution in [0.3, 0.4) is 0 Å². The van der Waals surface area contributed by atoms with Gasteiger partial charge in [-0.05, 0) is 38.0 Å². The maximum Gasteiger partial charge on any atom is 0.309 e. The minimum atomic E-state index is -0.173. The fourth-order valence-electron chi connectivity index (χ4n) is 2.85. The maximum atomic E-state index is 12.3. The van der Waals surface area contributed by atoms with Crippen LogP contribution in [0.25, 0.3) is 0 Å². The van der Waals surface area contributed by atoms with E-state index in [1.54, 1.807) is 25.3 Å². The van der Waals surface area contributed by atoms with E-state index in [0.29, 0.717) is 30.3 Å². The minimum Gasteiger partial charge on any atom is -0.493 e. The molecule has 25 heavy (non-hydrogen) atoms. The summed E-state index contributed by atoms with van der Waals surface area (Å²) in [5.74, 6) is 0.785. The lowest BCUT2D eigenvalue weighted by atomic mass is 9.97. The quantitative estimate of drug-likeness (QED) is 0.754. The van der Waals surface area contributed by atoms with E-state index in [9.17, 15) is 9.59 Å². The van der Waals surface area contributed by atoms with Crippen molar-refractivity contribution >= 4 is 11.9 Å². The Kier molecular flexibility index (Phi) is 7.06. The molecule has 0 bridgehead atoms. The van der Waals surface area contributed by atoms with Crippen LogP contribution in [-0.2, 0) is 9.53 Å². The highest BCUT2D eigenvalue weighted by Crippen LogP contribution is 2.27. The number of amides is 1. The summed E-state index contributed by atoms with van der Waals surface area (Å²) in [6.45, 7) is 4.20. The van der Waals surface area contributed by atoms with E-state index in [0.717, 1.165) is 25.9 Å².